The molecule has 2 aliphatic carbocycles. The number of fused-ring (bicyclic) bond motifs is 2. The highest BCUT2D eigenvalue weighted by atomic mass is 16.6. The monoisotopic (exact) mass is 453 g/mol. The molecule has 0 radical (unpaired) electrons. The number of aromatic hydroxyl groups is 1. The summed E-state index contributed by atoms with van der Waals surface area (Å²) >= 11 is 0. The molecule has 32 heavy (non-hydrogen) atoms. The SMILES string of the molecule is CN(C)C1C2CCC(C)(C1N(C)C)C2(C)C.O=[N+]([O-])c1cc([N+](=O)[O-])c(O)c([N+](=O)[O-])c1. The van der Waals surface area contributed by atoms with Gasteiger partial charge in [0.25, 0.3) is 11.4 Å². The standard InChI is InChI=1S/C14H28N2.C6H3N3O7/c1-13(2)10-8-9-14(13,3)12(16(6)7)11(10)15(4)5;10-6-4(8(13)14)1-3(7(11)12)2-5(6)9(15)16/h10-12H,8-9H2,1-7H3;1-2,10H. The van der Waals surface area contributed by atoms with Crippen molar-refractivity contribution in [2.24, 2.45) is 16.7 Å². The van der Waals surface area contributed by atoms with Gasteiger partial charge in [-0.3, -0.25) is 30.3 Å². The second-order valence-corrected chi connectivity index (χ2v) is 9.75. The van der Waals surface area contributed by atoms with Crippen LogP contribution < -0.4 is 0 Å². The first kappa shape index (κ1) is 25.4. The largest absolute Gasteiger partial charge is 0.497 e. The highest BCUT2D eigenvalue weighted by Gasteiger charge is 2.66. The van der Waals surface area contributed by atoms with Crippen LogP contribution in [-0.4, -0.2) is 70.0 Å². The molecule has 2 saturated carbocycles. The molecule has 1 N–H and O–H groups in total. The van der Waals surface area contributed by atoms with Crippen molar-refractivity contribution >= 4 is 17.1 Å². The molecule has 0 heterocycles. The summed E-state index contributed by atoms with van der Waals surface area (Å²) in [6, 6.07) is 2.32. The van der Waals surface area contributed by atoms with E-state index in [0.29, 0.717) is 29.0 Å². The van der Waals surface area contributed by atoms with Gasteiger partial charge in [0.15, 0.2) is 0 Å². The van der Waals surface area contributed by atoms with Gasteiger partial charge in [-0.2, -0.15) is 0 Å². The number of nitro groups is 3. The molecule has 2 bridgehead atoms. The Morgan fingerprint density at radius 3 is 1.69 bits per heavy atom. The highest BCUT2D eigenvalue weighted by Crippen LogP contribution is 2.67. The van der Waals surface area contributed by atoms with Crippen molar-refractivity contribution in [3.8, 4) is 5.75 Å². The van der Waals surface area contributed by atoms with E-state index in [0.717, 1.165) is 12.0 Å². The van der Waals surface area contributed by atoms with E-state index in [1.165, 1.54) is 12.8 Å². The van der Waals surface area contributed by atoms with E-state index in [1.54, 1.807) is 0 Å². The zero-order chi connectivity index (χ0) is 24.8. The molecule has 0 aromatic heterocycles. The van der Waals surface area contributed by atoms with Crippen LogP contribution in [0, 0.1) is 47.1 Å². The van der Waals surface area contributed by atoms with Gasteiger partial charge < -0.3 is 14.9 Å². The van der Waals surface area contributed by atoms with E-state index in [-0.39, 0.29) is 0 Å². The first-order valence-corrected chi connectivity index (χ1v) is 10.2. The van der Waals surface area contributed by atoms with E-state index >= 15 is 0 Å². The topological polar surface area (TPSA) is 156 Å². The Morgan fingerprint density at radius 1 is 0.906 bits per heavy atom. The van der Waals surface area contributed by atoms with Crippen LogP contribution in [0.1, 0.15) is 33.6 Å². The summed E-state index contributed by atoms with van der Waals surface area (Å²) in [5.74, 6) is -0.347. The van der Waals surface area contributed by atoms with E-state index in [1.807, 2.05) is 0 Å². The Hall–Kier alpha value is -2.86. The fraction of sp³-hybridized carbons (Fsp3) is 0.700. The molecule has 0 aliphatic heterocycles. The molecule has 1 aromatic rings. The summed E-state index contributed by atoms with van der Waals surface area (Å²) in [6.07, 6.45) is 2.81. The zero-order valence-electron chi connectivity index (χ0n) is 19.4. The average Bonchev–Trinajstić information content (AvgIpc) is 2.99. The maximum Gasteiger partial charge on any atom is 0.324 e. The molecule has 2 fully saturated rings. The van der Waals surface area contributed by atoms with Crippen molar-refractivity contribution in [2.75, 3.05) is 28.2 Å². The summed E-state index contributed by atoms with van der Waals surface area (Å²) in [5.41, 5.74) is -2.04. The van der Waals surface area contributed by atoms with Crippen LogP contribution in [0.2, 0.25) is 0 Å². The van der Waals surface area contributed by atoms with Crippen molar-refractivity contribution in [3.63, 3.8) is 0 Å². The van der Waals surface area contributed by atoms with Gasteiger partial charge in [0.2, 0.25) is 0 Å². The predicted molar refractivity (Wildman–Crippen MR) is 118 cm³/mol. The molecule has 3 rings (SSSR count). The molecule has 0 spiro atoms. The minimum Gasteiger partial charge on any atom is -0.497 e. The van der Waals surface area contributed by atoms with Gasteiger partial charge in [-0.05, 0) is 57.8 Å². The number of rotatable bonds is 5. The average molecular weight is 453 g/mol. The van der Waals surface area contributed by atoms with Crippen molar-refractivity contribution in [3.05, 3.63) is 42.5 Å². The number of benzene rings is 1. The van der Waals surface area contributed by atoms with Gasteiger partial charge in [-0.15, -0.1) is 0 Å². The van der Waals surface area contributed by atoms with Crippen LogP contribution in [0.25, 0.3) is 0 Å². The van der Waals surface area contributed by atoms with Gasteiger partial charge in [-0.1, -0.05) is 20.8 Å². The minimum absolute atomic E-state index is 0.447. The van der Waals surface area contributed by atoms with E-state index in [9.17, 15) is 30.3 Å². The van der Waals surface area contributed by atoms with Crippen molar-refractivity contribution in [2.45, 2.75) is 45.7 Å². The summed E-state index contributed by atoms with van der Waals surface area (Å²) in [5, 5.41) is 40.2. The van der Waals surface area contributed by atoms with Crippen LogP contribution in [-0.2, 0) is 0 Å². The lowest BCUT2D eigenvalue weighted by molar-refractivity contribution is -0.404. The summed E-state index contributed by atoms with van der Waals surface area (Å²) < 4.78 is 0. The fourth-order valence-corrected chi connectivity index (χ4v) is 5.78. The maximum absolute atomic E-state index is 10.4. The number of non-ortho nitro benzene ring substituents is 1. The van der Waals surface area contributed by atoms with E-state index in [2.05, 4.69) is 58.8 Å². The number of phenolic OH excluding ortho intramolecular Hbond substituents is 1. The Labute approximate surface area is 186 Å². The normalized spacial score (nSPS) is 27.8. The fourth-order valence-electron chi connectivity index (χ4n) is 5.78. The number of hydrogen-bond donors (Lipinski definition) is 1. The molecule has 12 heteroatoms. The highest BCUT2D eigenvalue weighted by molar-refractivity contribution is 5.64. The molecule has 0 saturated heterocycles. The van der Waals surface area contributed by atoms with Crippen molar-refractivity contribution < 1.29 is 19.9 Å². The van der Waals surface area contributed by atoms with Crippen molar-refractivity contribution in [1.29, 1.82) is 0 Å². The minimum atomic E-state index is -1.21. The first-order valence-electron chi connectivity index (χ1n) is 10.2. The van der Waals surface area contributed by atoms with Gasteiger partial charge in [0, 0.05) is 12.1 Å². The Morgan fingerprint density at radius 2 is 1.38 bits per heavy atom. The number of hydrogen-bond acceptors (Lipinski definition) is 9. The predicted octanol–water partition coefficient (Wildman–Crippen LogP) is 3.42. The van der Waals surface area contributed by atoms with E-state index in [4.69, 9.17) is 5.11 Å². The Balaban J connectivity index is 0.000000227. The summed E-state index contributed by atoms with van der Waals surface area (Å²) in [6.45, 7) is 7.50. The van der Waals surface area contributed by atoms with Gasteiger partial charge in [-0.25, -0.2) is 0 Å². The quantitative estimate of drug-likeness (QED) is 0.521. The van der Waals surface area contributed by atoms with E-state index < -0.39 is 37.6 Å². The third-order valence-electron chi connectivity index (χ3n) is 7.57. The van der Waals surface area contributed by atoms with Crippen LogP contribution in [0.15, 0.2) is 12.1 Å². The third-order valence-corrected chi connectivity index (χ3v) is 7.57. The lowest BCUT2D eigenvalue weighted by Crippen LogP contribution is -2.53. The number of nitro benzene ring substituents is 3. The lowest BCUT2D eigenvalue weighted by atomic mass is 9.69. The number of phenols is 1. The molecule has 4 atom stereocenters. The smallest absolute Gasteiger partial charge is 0.324 e. The number of likely N-dealkylation sites (N-methyl/N-ethyl adjacent to an activating group) is 2. The van der Waals surface area contributed by atoms with Crippen LogP contribution in [0.5, 0.6) is 5.75 Å². The van der Waals surface area contributed by atoms with Crippen LogP contribution >= 0.6 is 0 Å². The van der Waals surface area contributed by atoms with Gasteiger partial charge in [0.1, 0.15) is 0 Å². The van der Waals surface area contributed by atoms with Crippen LogP contribution in [0.3, 0.4) is 0 Å². The van der Waals surface area contributed by atoms with Gasteiger partial charge >= 0.3 is 11.4 Å². The number of nitrogens with zero attached hydrogens (tertiary/aromatic N) is 5. The Kier molecular flexibility index (Phi) is 6.81. The Bertz CT molecular complexity index is 898. The molecule has 0 amide bonds. The molecule has 178 valence electrons. The first-order chi connectivity index (χ1) is 14.6. The van der Waals surface area contributed by atoms with Crippen LogP contribution in [0.4, 0.5) is 17.1 Å². The molecule has 4 unspecified atom stereocenters. The summed E-state index contributed by atoms with van der Waals surface area (Å²) in [7, 11) is 9.01. The summed E-state index contributed by atoms with van der Waals surface area (Å²) in [4.78, 5) is 32.7. The molecular weight excluding hydrogens is 422 g/mol. The van der Waals surface area contributed by atoms with Gasteiger partial charge in [0.05, 0.1) is 26.9 Å². The molecule has 2 aliphatic rings. The second-order valence-electron chi connectivity index (χ2n) is 9.75. The molecule has 12 nitrogen and oxygen atoms in total. The maximum atomic E-state index is 10.4. The third kappa shape index (κ3) is 3.99. The molecule has 1 aromatic carbocycles. The van der Waals surface area contributed by atoms with Crippen molar-refractivity contribution in [1.82, 2.24) is 9.80 Å². The second kappa shape index (κ2) is 8.58. The molecular formula is C20H31N5O7. The lowest BCUT2D eigenvalue weighted by Gasteiger charge is -2.45. The zero-order valence-corrected chi connectivity index (χ0v) is 19.4.